The molecule has 1 aliphatic rings. The van der Waals surface area contributed by atoms with Gasteiger partial charge in [-0.3, -0.25) is 0 Å². The van der Waals surface area contributed by atoms with Crippen LogP contribution in [0.5, 0.6) is 0 Å². The van der Waals surface area contributed by atoms with Crippen molar-refractivity contribution in [1.29, 1.82) is 0 Å². The van der Waals surface area contributed by atoms with E-state index in [1.165, 1.54) is 6.08 Å². The van der Waals surface area contributed by atoms with E-state index in [9.17, 15) is 35.1 Å². The maximum absolute atomic E-state index is 13.7. The summed E-state index contributed by atoms with van der Waals surface area (Å²) in [5, 5.41) is 0. The molecule has 0 nitrogen and oxygen atoms in total. The lowest BCUT2D eigenvalue weighted by atomic mass is 9.78. The Morgan fingerprint density at radius 1 is 0.885 bits per heavy atom. The van der Waals surface area contributed by atoms with Crippen molar-refractivity contribution in [3.63, 3.8) is 0 Å². The largest absolute Gasteiger partial charge is 0.422 e. The second kappa shape index (κ2) is 7.96. The van der Waals surface area contributed by atoms with E-state index in [0.717, 1.165) is 12.1 Å². The maximum atomic E-state index is 13.7. The molecule has 8 heteroatoms. The molecule has 26 heavy (non-hydrogen) atoms. The second-order valence-electron chi connectivity index (χ2n) is 6.55. The molecule has 1 aromatic carbocycles. The molecule has 0 spiro atoms. The van der Waals surface area contributed by atoms with Crippen LogP contribution in [0, 0.1) is 17.6 Å². The van der Waals surface area contributed by atoms with E-state index in [1.54, 1.807) is 6.08 Å². The molecule has 1 aromatic rings. The summed E-state index contributed by atoms with van der Waals surface area (Å²) in [6.45, 7) is 0. The number of benzene rings is 1. The highest BCUT2D eigenvalue weighted by molar-refractivity contribution is 5.30. The van der Waals surface area contributed by atoms with Crippen LogP contribution in [0.3, 0.4) is 0 Å². The van der Waals surface area contributed by atoms with Gasteiger partial charge in [-0.25, -0.2) is 8.78 Å². The van der Waals surface area contributed by atoms with Crippen LogP contribution >= 0.6 is 0 Å². The van der Waals surface area contributed by atoms with Crippen LogP contribution < -0.4 is 0 Å². The fraction of sp³-hybridized carbons (Fsp3) is 0.556. The molecule has 0 bridgehead atoms. The van der Waals surface area contributed by atoms with Gasteiger partial charge in [-0.15, -0.1) is 0 Å². The van der Waals surface area contributed by atoms with E-state index in [1.807, 2.05) is 0 Å². The van der Waals surface area contributed by atoms with Gasteiger partial charge in [-0.05, 0) is 61.6 Å². The van der Waals surface area contributed by atoms with Crippen molar-refractivity contribution >= 4 is 0 Å². The number of alkyl halides is 6. The second-order valence-corrected chi connectivity index (χ2v) is 6.55. The average molecular weight is 386 g/mol. The molecule has 0 aliphatic heterocycles. The molecule has 0 saturated heterocycles. The summed E-state index contributed by atoms with van der Waals surface area (Å²) >= 11 is 0. The molecule has 0 amide bonds. The minimum Gasteiger partial charge on any atom is -0.206 e. The first-order valence-electron chi connectivity index (χ1n) is 8.27. The van der Waals surface area contributed by atoms with Gasteiger partial charge in [-0.1, -0.05) is 12.2 Å². The van der Waals surface area contributed by atoms with Crippen molar-refractivity contribution in [2.75, 3.05) is 0 Å². The lowest BCUT2D eigenvalue weighted by Gasteiger charge is -2.27. The Kier molecular flexibility index (Phi) is 6.34. The van der Waals surface area contributed by atoms with Gasteiger partial charge >= 0.3 is 12.4 Å². The van der Waals surface area contributed by atoms with E-state index < -0.39 is 36.0 Å². The normalized spacial score (nSPS) is 22.2. The first kappa shape index (κ1) is 20.7. The molecule has 0 atom stereocenters. The average Bonchev–Trinajstić information content (AvgIpc) is 2.49. The monoisotopic (exact) mass is 386 g/mol. The fourth-order valence-electron chi connectivity index (χ4n) is 3.28. The SMILES string of the molecule is Fc1cc(C2CCC(/C=C/CCC(F)(F)F)CC2)cc(F)c1C(F)(F)F. The zero-order valence-electron chi connectivity index (χ0n) is 13.7. The molecule has 1 fully saturated rings. The van der Waals surface area contributed by atoms with E-state index >= 15 is 0 Å². The van der Waals surface area contributed by atoms with Crippen molar-refractivity contribution in [1.82, 2.24) is 0 Å². The van der Waals surface area contributed by atoms with Crippen LogP contribution in [-0.4, -0.2) is 6.18 Å². The first-order chi connectivity index (χ1) is 12.0. The summed E-state index contributed by atoms with van der Waals surface area (Å²) in [6.07, 6.45) is -4.83. The van der Waals surface area contributed by atoms with Gasteiger partial charge in [0, 0.05) is 6.42 Å². The summed E-state index contributed by atoms with van der Waals surface area (Å²) in [4.78, 5) is 0. The number of halogens is 8. The highest BCUT2D eigenvalue weighted by atomic mass is 19.4. The van der Waals surface area contributed by atoms with E-state index in [0.29, 0.717) is 25.7 Å². The standard InChI is InChI=1S/C18H18F8/c19-14-9-13(10-15(20)16(14)18(24,25)26)12-6-4-11(5-7-12)3-1-2-8-17(21,22)23/h1,3,9-12H,2,4-8H2/b3-1+. The van der Waals surface area contributed by atoms with Crippen molar-refractivity contribution in [2.45, 2.75) is 56.8 Å². The molecule has 0 N–H and O–H groups in total. The quantitative estimate of drug-likeness (QED) is 0.381. The van der Waals surface area contributed by atoms with Gasteiger partial charge in [-0.2, -0.15) is 26.3 Å². The molecular formula is C18H18F8. The highest BCUT2D eigenvalue weighted by Gasteiger charge is 2.38. The van der Waals surface area contributed by atoms with Crippen LogP contribution in [0.25, 0.3) is 0 Å². The molecule has 2 rings (SSSR count). The van der Waals surface area contributed by atoms with E-state index in [2.05, 4.69) is 0 Å². The molecule has 146 valence electrons. The molecule has 0 aromatic heterocycles. The predicted molar refractivity (Wildman–Crippen MR) is 80.5 cm³/mol. The third-order valence-electron chi connectivity index (χ3n) is 4.59. The van der Waals surface area contributed by atoms with Crippen molar-refractivity contribution in [2.24, 2.45) is 5.92 Å². The summed E-state index contributed by atoms with van der Waals surface area (Å²) in [5.74, 6) is -3.44. The van der Waals surface area contributed by atoms with Crippen LogP contribution in [0.15, 0.2) is 24.3 Å². The van der Waals surface area contributed by atoms with Gasteiger partial charge in [0.25, 0.3) is 0 Å². The lowest BCUT2D eigenvalue weighted by Crippen LogP contribution is -2.15. The highest BCUT2D eigenvalue weighted by Crippen LogP contribution is 2.40. The Morgan fingerprint density at radius 3 is 1.88 bits per heavy atom. The van der Waals surface area contributed by atoms with Crippen LogP contribution in [0.1, 0.15) is 55.6 Å². The Bertz CT molecular complexity index is 611. The van der Waals surface area contributed by atoms with Gasteiger partial charge in [0.15, 0.2) is 0 Å². The minimum atomic E-state index is -5.09. The minimum absolute atomic E-state index is 0.0728. The van der Waals surface area contributed by atoms with E-state index in [-0.39, 0.29) is 23.8 Å². The lowest BCUT2D eigenvalue weighted by molar-refractivity contribution is -0.142. The van der Waals surface area contributed by atoms with Crippen LogP contribution in [-0.2, 0) is 6.18 Å². The first-order valence-corrected chi connectivity index (χ1v) is 8.27. The molecule has 1 saturated carbocycles. The van der Waals surface area contributed by atoms with Crippen LogP contribution in [0.2, 0.25) is 0 Å². The maximum Gasteiger partial charge on any atom is 0.422 e. The topological polar surface area (TPSA) is 0 Å². The number of hydrogen-bond donors (Lipinski definition) is 0. The zero-order chi connectivity index (χ0) is 19.5. The number of rotatable bonds is 4. The van der Waals surface area contributed by atoms with Crippen molar-refractivity contribution in [3.8, 4) is 0 Å². The zero-order valence-corrected chi connectivity index (χ0v) is 13.7. The number of allylic oxidation sites excluding steroid dienone is 2. The Hall–Kier alpha value is -1.60. The summed E-state index contributed by atoms with van der Waals surface area (Å²) < 4.78 is 101. The fourth-order valence-corrected chi connectivity index (χ4v) is 3.28. The van der Waals surface area contributed by atoms with Crippen molar-refractivity contribution in [3.05, 3.63) is 47.0 Å². The molecule has 0 heterocycles. The van der Waals surface area contributed by atoms with Gasteiger partial charge in [0.2, 0.25) is 0 Å². The van der Waals surface area contributed by atoms with Gasteiger partial charge in [0.05, 0.1) is 0 Å². The van der Waals surface area contributed by atoms with Gasteiger partial charge < -0.3 is 0 Å². The third kappa shape index (κ3) is 5.71. The Balaban J connectivity index is 1.95. The predicted octanol–water partition coefficient (Wildman–Crippen LogP) is 7.16. The summed E-state index contributed by atoms with van der Waals surface area (Å²) in [5.41, 5.74) is -1.70. The molecule has 0 radical (unpaired) electrons. The van der Waals surface area contributed by atoms with Crippen LogP contribution in [0.4, 0.5) is 35.1 Å². The molecule has 1 aliphatic carbocycles. The summed E-state index contributed by atoms with van der Waals surface area (Å²) in [7, 11) is 0. The van der Waals surface area contributed by atoms with Gasteiger partial charge in [0.1, 0.15) is 17.2 Å². The summed E-state index contributed by atoms with van der Waals surface area (Å²) in [6, 6.07) is 1.46. The molecule has 0 unspecified atom stereocenters. The Labute approximate surface area is 145 Å². The third-order valence-corrected chi connectivity index (χ3v) is 4.59. The smallest absolute Gasteiger partial charge is 0.206 e. The number of hydrogen-bond acceptors (Lipinski definition) is 0. The molecular weight excluding hydrogens is 368 g/mol. The van der Waals surface area contributed by atoms with E-state index in [4.69, 9.17) is 0 Å². The Morgan fingerprint density at radius 2 is 1.42 bits per heavy atom. The van der Waals surface area contributed by atoms with Crippen molar-refractivity contribution < 1.29 is 35.1 Å².